The molecule has 1 rings (SSSR count). The topological polar surface area (TPSA) is 35.2 Å². The zero-order valence-corrected chi connectivity index (χ0v) is 9.50. The molecule has 0 unspecified atom stereocenters. The molecule has 0 aliphatic rings. The predicted molar refractivity (Wildman–Crippen MR) is 58.7 cm³/mol. The van der Waals surface area contributed by atoms with Gasteiger partial charge in [-0.1, -0.05) is 6.07 Å². The van der Waals surface area contributed by atoms with Gasteiger partial charge in [0.2, 0.25) is 0 Å². The van der Waals surface area contributed by atoms with Crippen LogP contribution in [0.2, 0.25) is 0 Å². The van der Waals surface area contributed by atoms with Gasteiger partial charge in [0, 0.05) is 3.57 Å². The van der Waals surface area contributed by atoms with Gasteiger partial charge >= 0.3 is 0 Å². The summed E-state index contributed by atoms with van der Waals surface area (Å²) >= 11 is 2.08. The number of hydrogen-bond donors (Lipinski definition) is 1. The molecule has 0 heterocycles. The Morgan fingerprint density at radius 1 is 1.43 bits per heavy atom. The lowest BCUT2D eigenvalue weighted by Gasteiger charge is -2.14. The Bertz CT molecular complexity index is 307. The largest absolute Gasteiger partial charge is 0.487 e. The Morgan fingerprint density at radius 3 is 2.71 bits per heavy atom. The molecule has 0 aliphatic heterocycles. The Balaban J connectivity index is 2.54. The first-order valence-corrected chi connectivity index (χ1v) is 5.08. The first kappa shape index (κ1) is 11.6. The van der Waals surface area contributed by atoms with E-state index in [1.165, 1.54) is 0 Å². The molecular formula is C9H10F2INO. The second-order valence-corrected chi connectivity index (χ2v) is 4.05. The first-order valence-electron chi connectivity index (χ1n) is 4.00. The van der Waals surface area contributed by atoms with Crippen molar-refractivity contribution in [1.29, 1.82) is 0 Å². The van der Waals surface area contributed by atoms with E-state index in [9.17, 15) is 8.78 Å². The highest BCUT2D eigenvalue weighted by Gasteiger charge is 2.27. The summed E-state index contributed by atoms with van der Waals surface area (Å²) in [6.45, 7) is -1.37. The molecule has 0 spiro atoms. The van der Waals surface area contributed by atoms with Gasteiger partial charge in [0.15, 0.2) is 6.61 Å². The lowest BCUT2D eigenvalue weighted by atomic mass is 10.3. The number of rotatable bonds is 4. The van der Waals surface area contributed by atoms with Gasteiger partial charge in [0.25, 0.3) is 5.92 Å². The molecule has 0 saturated carbocycles. The van der Waals surface area contributed by atoms with E-state index >= 15 is 0 Å². The summed E-state index contributed by atoms with van der Waals surface area (Å²) < 4.78 is 31.2. The smallest absolute Gasteiger partial charge is 0.293 e. The average molecular weight is 313 g/mol. The van der Waals surface area contributed by atoms with Crippen LogP contribution in [0, 0.1) is 3.57 Å². The Kier molecular flexibility index (Phi) is 4.06. The Labute approximate surface area is 94.6 Å². The van der Waals surface area contributed by atoms with Crippen molar-refractivity contribution in [3.8, 4) is 5.75 Å². The fraction of sp³-hybridized carbons (Fsp3) is 0.333. The van der Waals surface area contributed by atoms with Crippen molar-refractivity contribution < 1.29 is 13.5 Å². The van der Waals surface area contributed by atoms with Gasteiger partial charge < -0.3 is 10.5 Å². The molecule has 5 heteroatoms. The van der Waals surface area contributed by atoms with Crippen LogP contribution in [-0.4, -0.2) is 19.1 Å². The average Bonchev–Trinajstić information content (AvgIpc) is 2.15. The quantitative estimate of drug-likeness (QED) is 0.866. The van der Waals surface area contributed by atoms with Gasteiger partial charge in [-0.3, -0.25) is 0 Å². The molecule has 1 aromatic rings. The first-order chi connectivity index (χ1) is 6.53. The molecule has 0 radical (unpaired) electrons. The normalized spacial score (nSPS) is 11.4. The van der Waals surface area contributed by atoms with Crippen molar-refractivity contribution in [3.05, 3.63) is 27.8 Å². The van der Waals surface area contributed by atoms with Gasteiger partial charge in [0.05, 0.1) is 6.54 Å². The number of alkyl halides is 2. The summed E-state index contributed by atoms with van der Waals surface area (Å²) in [5.41, 5.74) is 4.87. The van der Waals surface area contributed by atoms with Crippen molar-refractivity contribution in [2.75, 3.05) is 13.2 Å². The summed E-state index contributed by atoms with van der Waals surface area (Å²) in [4.78, 5) is 0. The third kappa shape index (κ3) is 3.75. The van der Waals surface area contributed by atoms with E-state index in [0.717, 1.165) is 3.57 Å². The van der Waals surface area contributed by atoms with Gasteiger partial charge in [-0.15, -0.1) is 0 Å². The Hall–Kier alpha value is -0.430. The highest BCUT2D eigenvalue weighted by atomic mass is 127. The van der Waals surface area contributed by atoms with Gasteiger partial charge in [-0.05, 0) is 40.8 Å². The van der Waals surface area contributed by atoms with Crippen molar-refractivity contribution in [1.82, 2.24) is 0 Å². The molecule has 78 valence electrons. The van der Waals surface area contributed by atoms with Gasteiger partial charge in [0.1, 0.15) is 5.75 Å². The molecule has 0 aromatic heterocycles. The van der Waals surface area contributed by atoms with Crippen molar-refractivity contribution in [3.63, 3.8) is 0 Å². The second-order valence-electron chi connectivity index (χ2n) is 2.81. The summed E-state index contributed by atoms with van der Waals surface area (Å²) in [6, 6.07) is 6.92. The summed E-state index contributed by atoms with van der Waals surface area (Å²) in [6.07, 6.45) is 0. The molecule has 0 saturated heterocycles. The van der Waals surface area contributed by atoms with Gasteiger partial charge in [-0.25, -0.2) is 8.78 Å². The van der Waals surface area contributed by atoms with E-state index in [2.05, 4.69) is 22.6 Å². The van der Waals surface area contributed by atoms with Crippen molar-refractivity contribution in [2.45, 2.75) is 5.92 Å². The number of ether oxygens (including phenoxy) is 1. The van der Waals surface area contributed by atoms with Crippen LogP contribution in [0.3, 0.4) is 0 Å². The minimum absolute atomic E-state index is 0.435. The molecule has 14 heavy (non-hydrogen) atoms. The SMILES string of the molecule is NCC(F)(F)COc1cccc(I)c1. The van der Waals surface area contributed by atoms with Crippen LogP contribution >= 0.6 is 22.6 Å². The van der Waals surface area contributed by atoms with Crippen LogP contribution < -0.4 is 10.5 Å². The zero-order chi connectivity index (χ0) is 10.6. The lowest BCUT2D eigenvalue weighted by Crippen LogP contribution is -2.34. The van der Waals surface area contributed by atoms with E-state index < -0.39 is 19.1 Å². The number of nitrogens with two attached hydrogens (primary N) is 1. The molecule has 0 atom stereocenters. The van der Waals surface area contributed by atoms with E-state index in [1.807, 2.05) is 6.07 Å². The van der Waals surface area contributed by atoms with E-state index in [-0.39, 0.29) is 0 Å². The van der Waals surface area contributed by atoms with Crippen LogP contribution in [0.5, 0.6) is 5.75 Å². The molecule has 1 aromatic carbocycles. The standard InChI is InChI=1S/C9H10F2INO/c10-9(11,5-13)6-14-8-3-1-2-7(12)4-8/h1-4H,5-6,13H2. The number of benzene rings is 1. The minimum Gasteiger partial charge on any atom is -0.487 e. The second kappa shape index (κ2) is 4.88. The van der Waals surface area contributed by atoms with Crippen LogP contribution in [0.25, 0.3) is 0 Å². The van der Waals surface area contributed by atoms with Crippen LogP contribution in [0.15, 0.2) is 24.3 Å². The highest BCUT2D eigenvalue weighted by molar-refractivity contribution is 14.1. The van der Waals surface area contributed by atoms with Crippen LogP contribution in [-0.2, 0) is 0 Å². The fourth-order valence-corrected chi connectivity index (χ4v) is 1.32. The van der Waals surface area contributed by atoms with E-state index in [4.69, 9.17) is 10.5 Å². The fourth-order valence-electron chi connectivity index (χ4n) is 0.805. The molecule has 0 aliphatic carbocycles. The minimum atomic E-state index is -2.96. The maximum Gasteiger partial charge on any atom is 0.293 e. The molecule has 2 N–H and O–H groups in total. The van der Waals surface area contributed by atoms with Gasteiger partial charge in [-0.2, -0.15) is 0 Å². The maximum absolute atomic E-state index is 12.7. The van der Waals surface area contributed by atoms with Crippen LogP contribution in [0.4, 0.5) is 8.78 Å². The summed E-state index contributed by atoms with van der Waals surface area (Å²) in [5.74, 6) is -2.52. The van der Waals surface area contributed by atoms with E-state index in [0.29, 0.717) is 5.75 Å². The predicted octanol–water partition coefficient (Wildman–Crippen LogP) is 2.26. The lowest BCUT2D eigenvalue weighted by molar-refractivity contribution is -0.0319. The Morgan fingerprint density at radius 2 is 2.14 bits per heavy atom. The van der Waals surface area contributed by atoms with Crippen molar-refractivity contribution >= 4 is 22.6 Å². The molecule has 0 amide bonds. The third-order valence-electron chi connectivity index (χ3n) is 1.54. The highest BCUT2D eigenvalue weighted by Crippen LogP contribution is 2.18. The molecular weight excluding hydrogens is 303 g/mol. The molecule has 2 nitrogen and oxygen atoms in total. The number of halogens is 3. The number of hydrogen-bond acceptors (Lipinski definition) is 2. The summed E-state index contributed by atoms with van der Waals surface area (Å²) in [7, 11) is 0. The zero-order valence-electron chi connectivity index (χ0n) is 7.34. The van der Waals surface area contributed by atoms with E-state index in [1.54, 1.807) is 18.2 Å². The monoisotopic (exact) mass is 313 g/mol. The van der Waals surface area contributed by atoms with Crippen molar-refractivity contribution in [2.24, 2.45) is 5.73 Å². The summed E-state index contributed by atoms with van der Waals surface area (Å²) in [5, 5.41) is 0. The maximum atomic E-state index is 12.7. The molecule has 0 bridgehead atoms. The third-order valence-corrected chi connectivity index (χ3v) is 2.22. The van der Waals surface area contributed by atoms with Crippen LogP contribution in [0.1, 0.15) is 0 Å². The molecule has 0 fully saturated rings.